The van der Waals surface area contributed by atoms with E-state index in [1.54, 1.807) is 0 Å². The molecule has 98 valence electrons. The molecule has 0 aromatic rings. The predicted octanol–water partition coefficient (Wildman–Crippen LogP) is 2.22. The molecule has 0 spiro atoms. The molecule has 1 aliphatic carbocycles. The molecule has 0 aromatic heterocycles. The maximum Gasteiger partial charge on any atom is 0.240 e. The van der Waals surface area contributed by atoms with E-state index in [1.807, 2.05) is 6.92 Å². The van der Waals surface area contributed by atoms with Gasteiger partial charge in [-0.2, -0.15) is 0 Å². The Balaban J connectivity index is 1.96. The summed E-state index contributed by atoms with van der Waals surface area (Å²) in [6, 6.07) is 0.00477. The zero-order chi connectivity index (χ0) is 12.6. The zero-order valence-electron chi connectivity index (χ0n) is 11.6. The Labute approximate surface area is 105 Å². The van der Waals surface area contributed by atoms with E-state index in [0.717, 1.165) is 18.9 Å². The normalized spacial score (nSPS) is 31.4. The molecule has 0 aromatic carbocycles. The minimum atomic E-state index is 0.00477. The zero-order valence-corrected chi connectivity index (χ0v) is 11.6. The quantitative estimate of drug-likeness (QED) is 0.796. The standard InChI is InChI=1S/C14H26N2O/c1-9(2)7-13-15-11(4)14(17)16(13)8-10(3)12-5-6-12/h9-13,15H,5-8H2,1-4H3. The highest BCUT2D eigenvalue weighted by atomic mass is 16.2. The Morgan fingerprint density at radius 3 is 2.53 bits per heavy atom. The van der Waals surface area contributed by atoms with E-state index in [0.29, 0.717) is 17.7 Å². The lowest BCUT2D eigenvalue weighted by Crippen LogP contribution is -2.41. The third kappa shape index (κ3) is 3.01. The van der Waals surface area contributed by atoms with Gasteiger partial charge in [-0.05, 0) is 43.9 Å². The van der Waals surface area contributed by atoms with Gasteiger partial charge >= 0.3 is 0 Å². The topological polar surface area (TPSA) is 32.3 Å². The largest absolute Gasteiger partial charge is 0.326 e. The Kier molecular flexibility index (Phi) is 3.76. The molecular weight excluding hydrogens is 212 g/mol. The van der Waals surface area contributed by atoms with E-state index < -0.39 is 0 Å². The van der Waals surface area contributed by atoms with Crippen molar-refractivity contribution < 1.29 is 4.79 Å². The highest BCUT2D eigenvalue weighted by molar-refractivity contribution is 5.83. The minimum Gasteiger partial charge on any atom is -0.326 e. The lowest BCUT2D eigenvalue weighted by molar-refractivity contribution is -0.130. The Morgan fingerprint density at radius 1 is 1.35 bits per heavy atom. The molecule has 1 aliphatic heterocycles. The molecule has 1 N–H and O–H groups in total. The highest BCUT2D eigenvalue weighted by Crippen LogP contribution is 2.37. The van der Waals surface area contributed by atoms with Crippen LogP contribution >= 0.6 is 0 Å². The fourth-order valence-electron chi connectivity index (χ4n) is 2.84. The van der Waals surface area contributed by atoms with Crippen molar-refractivity contribution in [1.29, 1.82) is 0 Å². The molecule has 3 atom stereocenters. The molecule has 0 radical (unpaired) electrons. The molecule has 3 heteroatoms. The van der Waals surface area contributed by atoms with Crippen LogP contribution in [-0.2, 0) is 4.79 Å². The summed E-state index contributed by atoms with van der Waals surface area (Å²) in [5.41, 5.74) is 0. The third-order valence-electron chi connectivity index (χ3n) is 4.08. The van der Waals surface area contributed by atoms with Crippen LogP contribution in [0.1, 0.15) is 47.0 Å². The second-order valence-electron chi connectivity index (χ2n) is 6.34. The summed E-state index contributed by atoms with van der Waals surface area (Å²) in [5, 5.41) is 3.43. The van der Waals surface area contributed by atoms with Crippen molar-refractivity contribution in [1.82, 2.24) is 10.2 Å². The second-order valence-corrected chi connectivity index (χ2v) is 6.34. The van der Waals surface area contributed by atoms with Gasteiger partial charge in [-0.1, -0.05) is 20.8 Å². The second kappa shape index (κ2) is 4.97. The van der Waals surface area contributed by atoms with Crippen molar-refractivity contribution >= 4 is 5.91 Å². The van der Waals surface area contributed by atoms with Crippen LogP contribution in [0.25, 0.3) is 0 Å². The smallest absolute Gasteiger partial charge is 0.240 e. The lowest BCUT2D eigenvalue weighted by atomic mass is 10.0. The van der Waals surface area contributed by atoms with Crippen molar-refractivity contribution in [3.05, 3.63) is 0 Å². The first-order valence-corrected chi connectivity index (χ1v) is 7.05. The lowest BCUT2D eigenvalue weighted by Gasteiger charge is -2.28. The number of rotatable bonds is 5. The number of amides is 1. The average molecular weight is 238 g/mol. The van der Waals surface area contributed by atoms with E-state index in [-0.39, 0.29) is 12.2 Å². The summed E-state index contributed by atoms with van der Waals surface area (Å²) < 4.78 is 0. The molecule has 1 saturated carbocycles. The minimum absolute atomic E-state index is 0.00477. The summed E-state index contributed by atoms with van der Waals surface area (Å²) >= 11 is 0. The van der Waals surface area contributed by atoms with Gasteiger partial charge in [0.15, 0.2) is 0 Å². The van der Waals surface area contributed by atoms with Crippen LogP contribution in [0.3, 0.4) is 0 Å². The van der Waals surface area contributed by atoms with Crippen LogP contribution in [-0.4, -0.2) is 29.6 Å². The van der Waals surface area contributed by atoms with Gasteiger partial charge in [0, 0.05) is 6.54 Å². The van der Waals surface area contributed by atoms with Crippen molar-refractivity contribution in [3.8, 4) is 0 Å². The van der Waals surface area contributed by atoms with Crippen LogP contribution in [0.15, 0.2) is 0 Å². The molecule has 2 fully saturated rings. The fourth-order valence-corrected chi connectivity index (χ4v) is 2.84. The number of nitrogens with one attached hydrogen (secondary N) is 1. The first-order chi connectivity index (χ1) is 7.99. The molecule has 1 amide bonds. The molecule has 2 rings (SSSR count). The Morgan fingerprint density at radius 2 is 2.00 bits per heavy atom. The average Bonchev–Trinajstić information content (AvgIpc) is 3.03. The van der Waals surface area contributed by atoms with Gasteiger partial charge in [0.1, 0.15) is 0 Å². The van der Waals surface area contributed by atoms with Crippen LogP contribution in [0.5, 0.6) is 0 Å². The maximum atomic E-state index is 12.1. The summed E-state index contributed by atoms with van der Waals surface area (Å²) in [4.78, 5) is 14.2. The number of hydrogen-bond donors (Lipinski definition) is 1. The summed E-state index contributed by atoms with van der Waals surface area (Å²) in [6.45, 7) is 9.66. The molecule has 0 bridgehead atoms. The van der Waals surface area contributed by atoms with E-state index in [4.69, 9.17) is 0 Å². The Bertz CT molecular complexity index is 286. The van der Waals surface area contributed by atoms with E-state index in [2.05, 4.69) is 31.0 Å². The SMILES string of the molecule is CC(C)CC1NC(C)C(=O)N1CC(C)C1CC1. The number of carbonyl (C=O) groups is 1. The number of nitrogens with zero attached hydrogens (tertiary/aromatic N) is 1. The number of hydrogen-bond acceptors (Lipinski definition) is 2. The van der Waals surface area contributed by atoms with Gasteiger partial charge in [-0.15, -0.1) is 0 Å². The fraction of sp³-hybridized carbons (Fsp3) is 0.929. The van der Waals surface area contributed by atoms with Crippen molar-refractivity contribution in [2.24, 2.45) is 17.8 Å². The van der Waals surface area contributed by atoms with E-state index in [1.165, 1.54) is 12.8 Å². The third-order valence-corrected chi connectivity index (χ3v) is 4.08. The first kappa shape index (κ1) is 12.9. The first-order valence-electron chi connectivity index (χ1n) is 7.05. The molecule has 1 heterocycles. The van der Waals surface area contributed by atoms with Crippen molar-refractivity contribution in [2.75, 3.05) is 6.54 Å². The van der Waals surface area contributed by atoms with Crippen LogP contribution in [0.2, 0.25) is 0 Å². The van der Waals surface area contributed by atoms with Crippen LogP contribution in [0, 0.1) is 17.8 Å². The van der Waals surface area contributed by atoms with Gasteiger partial charge in [-0.25, -0.2) is 0 Å². The Hall–Kier alpha value is -0.570. The van der Waals surface area contributed by atoms with Crippen molar-refractivity contribution in [3.63, 3.8) is 0 Å². The van der Waals surface area contributed by atoms with Gasteiger partial charge in [0.2, 0.25) is 5.91 Å². The maximum absolute atomic E-state index is 12.1. The van der Waals surface area contributed by atoms with Crippen molar-refractivity contribution in [2.45, 2.75) is 59.2 Å². The molecule has 3 unspecified atom stereocenters. The van der Waals surface area contributed by atoms with E-state index in [9.17, 15) is 4.79 Å². The van der Waals surface area contributed by atoms with Gasteiger partial charge in [0.25, 0.3) is 0 Å². The summed E-state index contributed by atoms with van der Waals surface area (Å²) in [6.07, 6.45) is 4.05. The van der Waals surface area contributed by atoms with Gasteiger partial charge in [-0.3, -0.25) is 10.1 Å². The van der Waals surface area contributed by atoms with Crippen LogP contribution < -0.4 is 5.32 Å². The molecule has 17 heavy (non-hydrogen) atoms. The monoisotopic (exact) mass is 238 g/mol. The summed E-state index contributed by atoms with van der Waals surface area (Å²) in [7, 11) is 0. The van der Waals surface area contributed by atoms with Crippen LogP contribution in [0.4, 0.5) is 0 Å². The number of carbonyl (C=O) groups excluding carboxylic acids is 1. The van der Waals surface area contributed by atoms with Gasteiger partial charge < -0.3 is 4.90 Å². The predicted molar refractivity (Wildman–Crippen MR) is 69.4 cm³/mol. The molecule has 3 nitrogen and oxygen atoms in total. The van der Waals surface area contributed by atoms with E-state index >= 15 is 0 Å². The summed E-state index contributed by atoms with van der Waals surface area (Å²) in [5.74, 6) is 2.46. The highest BCUT2D eigenvalue weighted by Gasteiger charge is 2.39. The molecular formula is C14H26N2O. The van der Waals surface area contributed by atoms with Gasteiger partial charge in [0.05, 0.1) is 12.2 Å². The molecule has 1 saturated heterocycles. The molecule has 2 aliphatic rings.